The van der Waals surface area contributed by atoms with Gasteiger partial charge in [-0.15, -0.1) is 5.10 Å². The molecule has 1 N–H and O–H groups in total. The summed E-state index contributed by atoms with van der Waals surface area (Å²) in [6.45, 7) is 7.98. The second-order valence-electron chi connectivity index (χ2n) is 5.16. The third kappa shape index (κ3) is 5.66. The van der Waals surface area contributed by atoms with Crippen LogP contribution in [0.3, 0.4) is 0 Å². The molecule has 1 aromatic rings. The maximum absolute atomic E-state index is 10.9. The molecule has 0 unspecified atom stereocenters. The van der Waals surface area contributed by atoms with E-state index in [1.807, 2.05) is 6.92 Å². The molecule has 0 aliphatic rings. The van der Waals surface area contributed by atoms with Crippen LogP contribution < -0.4 is 0 Å². The van der Waals surface area contributed by atoms with Crippen LogP contribution in [0, 0.1) is 5.41 Å². The highest BCUT2D eigenvalue weighted by molar-refractivity contribution is 5.73. The maximum atomic E-state index is 10.9. The predicted molar refractivity (Wildman–Crippen MR) is 72.2 cm³/mol. The first-order chi connectivity index (χ1) is 9.45. The summed E-state index contributed by atoms with van der Waals surface area (Å²) in [5.74, 6) is -0.817. The quantitative estimate of drug-likeness (QED) is 0.653. The molecule has 114 valence electrons. The Morgan fingerprint density at radius 2 is 2.15 bits per heavy atom. The first-order valence-corrected chi connectivity index (χ1v) is 6.73. The Bertz CT molecular complexity index is 418. The number of ether oxygens (including phenoxy) is 2. The molecule has 0 aliphatic carbocycles. The van der Waals surface area contributed by atoms with E-state index in [9.17, 15) is 4.79 Å². The summed E-state index contributed by atoms with van der Waals surface area (Å²) in [7, 11) is 0. The topological polar surface area (TPSA) is 86.5 Å². The van der Waals surface area contributed by atoms with Crippen molar-refractivity contribution in [2.24, 2.45) is 5.41 Å². The molecule has 7 heteroatoms. The average Bonchev–Trinajstić information content (AvgIpc) is 2.83. The fourth-order valence-electron chi connectivity index (χ4n) is 1.43. The zero-order chi connectivity index (χ0) is 15.0. The average molecular weight is 285 g/mol. The zero-order valence-corrected chi connectivity index (χ0v) is 12.3. The van der Waals surface area contributed by atoms with E-state index in [1.54, 1.807) is 24.7 Å². The van der Waals surface area contributed by atoms with Gasteiger partial charge in [0.05, 0.1) is 31.4 Å². The number of rotatable bonds is 10. The van der Waals surface area contributed by atoms with Crippen molar-refractivity contribution in [1.29, 1.82) is 0 Å². The summed E-state index contributed by atoms with van der Waals surface area (Å²) in [6.07, 6.45) is 2.27. The van der Waals surface area contributed by atoms with Gasteiger partial charge in [-0.2, -0.15) is 0 Å². The van der Waals surface area contributed by atoms with Crippen LogP contribution in [0.1, 0.15) is 32.9 Å². The van der Waals surface area contributed by atoms with Crippen molar-refractivity contribution in [3.05, 3.63) is 11.9 Å². The molecule has 0 saturated heterocycles. The normalized spacial score (nSPS) is 11.8. The molecule has 0 radical (unpaired) electrons. The fraction of sp³-hybridized carbons (Fsp3) is 0.769. The highest BCUT2D eigenvalue weighted by Gasteiger charge is 2.26. The standard InChI is InChI=1S/C13H23N3O4/c1-4-19-8-6-16-9-11(14-15-16)10-20-7-5-13(2,3)12(17)18/h9H,4-8,10H2,1-3H3,(H,17,18). The van der Waals surface area contributed by atoms with Gasteiger partial charge < -0.3 is 14.6 Å². The predicted octanol–water partition coefficient (Wildman–Crippen LogP) is 1.33. The number of carboxylic acid groups (broad SMARTS) is 1. The number of nitrogens with zero attached hydrogens (tertiary/aromatic N) is 3. The third-order valence-corrected chi connectivity index (χ3v) is 2.96. The first kappa shape index (κ1) is 16.6. The van der Waals surface area contributed by atoms with Gasteiger partial charge in [-0.1, -0.05) is 5.21 Å². The lowest BCUT2D eigenvalue weighted by Crippen LogP contribution is -2.25. The smallest absolute Gasteiger partial charge is 0.309 e. The van der Waals surface area contributed by atoms with Crippen LogP contribution in [0.25, 0.3) is 0 Å². The molecule has 0 aromatic carbocycles. The summed E-state index contributed by atoms with van der Waals surface area (Å²) < 4.78 is 12.4. The van der Waals surface area contributed by atoms with Gasteiger partial charge in [0, 0.05) is 13.2 Å². The van der Waals surface area contributed by atoms with Crippen LogP contribution in [0.2, 0.25) is 0 Å². The Kier molecular flexibility index (Phi) is 6.60. The minimum Gasteiger partial charge on any atom is -0.481 e. The van der Waals surface area contributed by atoms with E-state index in [2.05, 4.69) is 10.3 Å². The van der Waals surface area contributed by atoms with Crippen molar-refractivity contribution >= 4 is 5.97 Å². The molecule has 20 heavy (non-hydrogen) atoms. The SMILES string of the molecule is CCOCCn1cc(COCCC(C)(C)C(=O)O)nn1. The van der Waals surface area contributed by atoms with Crippen molar-refractivity contribution in [1.82, 2.24) is 15.0 Å². The molecule has 0 spiro atoms. The number of hydrogen-bond donors (Lipinski definition) is 1. The highest BCUT2D eigenvalue weighted by Crippen LogP contribution is 2.20. The minimum atomic E-state index is -0.817. The number of aromatic nitrogens is 3. The number of aliphatic carboxylic acids is 1. The summed E-state index contributed by atoms with van der Waals surface area (Å²) in [5, 5.41) is 16.9. The van der Waals surface area contributed by atoms with Crippen LogP contribution in [0.15, 0.2) is 6.20 Å². The van der Waals surface area contributed by atoms with Gasteiger partial charge in [-0.25, -0.2) is 4.68 Å². The van der Waals surface area contributed by atoms with Crippen LogP contribution in [0.5, 0.6) is 0 Å². The van der Waals surface area contributed by atoms with Crippen molar-refractivity contribution in [2.75, 3.05) is 19.8 Å². The molecule has 0 fully saturated rings. The molecule has 0 bridgehead atoms. The molecule has 0 aliphatic heterocycles. The fourth-order valence-corrected chi connectivity index (χ4v) is 1.43. The second-order valence-corrected chi connectivity index (χ2v) is 5.16. The molecule has 1 rings (SSSR count). The summed E-state index contributed by atoms with van der Waals surface area (Å²) in [5.41, 5.74) is -0.0376. The lowest BCUT2D eigenvalue weighted by atomic mass is 9.90. The van der Waals surface area contributed by atoms with Gasteiger partial charge in [0.25, 0.3) is 0 Å². The first-order valence-electron chi connectivity index (χ1n) is 6.73. The Hall–Kier alpha value is -1.47. The van der Waals surface area contributed by atoms with E-state index in [4.69, 9.17) is 14.6 Å². The van der Waals surface area contributed by atoms with E-state index >= 15 is 0 Å². The van der Waals surface area contributed by atoms with Crippen molar-refractivity contribution in [3.8, 4) is 0 Å². The van der Waals surface area contributed by atoms with Gasteiger partial charge in [0.1, 0.15) is 5.69 Å². The van der Waals surface area contributed by atoms with E-state index < -0.39 is 11.4 Å². The summed E-state index contributed by atoms with van der Waals surface area (Å²) in [4.78, 5) is 10.9. The molecule has 1 aromatic heterocycles. The Labute approximate surface area is 118 Å². The molecule has 7 nitrogen and oxygen atoms in total. The summed E-state index contributed by atoms with van der Waals surface area (Å²) >= 11 is 0. The highest BCUT2D eigenvalue weighted by atomic mass is 16.5. The lowest BCUT2D eigenvalue weighted by Gasteiger charge is -2.18. The van der Waals surface area contributed by atoms with Crippen molar-refractivity contribution < 1.29 is 19.4 Å². The van der Waals surface area contributed by atoms with Crippen molar-refractivity contribution in [3.63, 3.8) is 0 Å². The van der Waals surface area contributed by atoms with Crippen LogP contribution in [0.4, 0.5) is 0 Å². The Morgan fingerprint density at radius 3 is 2.80 bits per heavy atom. The largest absolute Gasteiger partial charge is 0.481 e. The number of hydrogen-bond acceptors (Lipinski definition) is 5. The minimum absolute atomic E-state index is 0.338. The van der Waals surface area contributed by atoms with Gasteiger partial charge in [0.15, 0.2) is 0 Å². The van der Waals surface area contributed by atoms with E-state index in [-0.39, 0.29) is 0 Å². The van der Waals surface area contributed by atoms with Gasteiger partial charge in [-0.3, -0.25) is 4.79 Å². The van der Waals surface area contributed by atoms with Gasteiger partial charge in [-0.05, 0) is 27.2 Å². The molecule has 1 heterocycles. The van der Waals surface area contributed by atoms with Gasteiger partial charge in [0.2, 0.25) is 0 Å². The molecule has 0 atom stereocenters. The third-order valence-electron chi connectivity index (χ3n) is 2.96. The number of carboxylic acids is 1. The van der Waals surface area contributed by atoms with E-state index in [0.29, 0.717) is 39.4 Å². The molecular weight excluding hydrogens is 262 g/mol. The second kappa shape index (κ2) is 7.96. The van der Waals surface area contributed by atoms with Crippen LogP contribution in [-0.2, 0) is 27.4 Å². The lowest BCUT2D eigenvalue weighted by molar-refractivity contribution is -0.148. The Morgan fingerprint density at radius 1 is 1.40 bits per heavy atom. The van der Waals surface area contributed by atoms with Gasteiger partial charge >= 0.3 is 5.97 Å². The molecular formula is C13H23N3O4. The number of carbonyl (C=O) groups is 1. The zero-order valence-electron chi connectivity index (χ0n) is 12.3. The van der Waals surface area contributed by atoms with Crippen LogP contribution >= 0.6 is 0 Å². The van der Waals surface area contributed by atoms with Crippen LogP contribution in [-0.4, -0.2) is 45.9 Å². The van der Waals surface area contributed by atoms with E-state index in [0.717, 1.165) is 5.69 Å². The monoisotopic (exact) mass is 285 g/mol. The maximum Gasteiger partial charge on any atom is 0.309 e. The molecule has 0 saturated carbocycles. The molecule has 0 amide bonds. The van der Waals surface area contributed by atoms with E-state index in [1.165, 1.54) is 0 Å². The summed E-state index contributed by atoms with van der Waals surface area (Å²) in [6, 6.07) is 0. The Balaban J connectivity index is 2.24. The van der Waals surface area contributed by atoms with Crippen molar-refractivity contribution in [2.45, 2.75) is 40.3 Å².